The molecule has 1 aliphatic heterocycles. The van der Waals surface area contributed by atoms with E-state index in [9.17, 15) is 14.7 Å². The monoisotopic (exact) mass is 487 g/mol. The molecule has 1 amide bonds. The predicted octanol–water partition coefficient (Wildman–Crippen LogP) is 4.72. The van der Waals surface area contributed by atoms with Crippen LogP contribution in [0.1, 0.15) is 24.1 Å². The van der Waals surface area contributed by atoms with Gasteiger partial charge in [-0.3, -0.25) is 19.5 Å². The molecule has 8 nitrogen and oxygen atoms in total. The standard InChI is InChI=1S/C26H21N3O5S/c1-3-34-18-10-11-19-20(13-18)35-26(28-19)29-22(16-5-4-12-27-14-16)21(24(31)25(29)32)23(30)15-6-8-17(33-2)9-7-15/h4-14,22,30H,3H2,1-2H3/t22-/m1/s1. The van der Waals surface area contributed by atoms with Gasteiger partial charge < -0.3 is 14.6 Å². The summed E-state index contributed by atoms with van der Waals surface area (Å²) in [6.45, 7) is 2.43. The molecule has 3 heterocycles. The lowest BCUT2D eigenvalue weighted by Crippen LogP contribution is -2.29. The van der Waals surface area contributed by atoms with Crippen LogP contribution < -0.4 is 14.4 Å². The van der Waals surface area contributed by atoms with Crippen molar-refractivity contribution < 1.29 is 24.2 Å². The Morgan fingerprint density at radius 2 is 1.89 bits per heavy atom. The Balaban J connectivity index is 1.66. The quantitative estimate of drug-likeness (QED) is 0.238. The van der Waals surface area contributed by atoms with Crippen LogP contribution in [-0.2, 0) is 9.59 Å². The molecule has 2 aromatic carbocycles. The summed E-state index contributed by atoms with van der Waals surface area (Å²) in [6, 6.07) is 14.7. The van der Waals surface area contributed by atoms with E-state index in [0.29, 0.717) is 39.9 Å². The summed E-state index contributed by atoms with van der Waals surface area (Å²) in [5, 5.41) is 11.5. The van der Waals surface area contributed by atoms with Crippen LogP contribution in [0.2, 0.25) is 0 Å². The number of ether oxygens (including phenoxy) is 2. The number of aliphatic hydroxyl groups excluding tert-OH is 1. The van der Waals surface area contributed by atoms with Crippen LogP contribution in [0.15, 0.2) is 72.6 Å². The van der Waals surface area contributed by atoms with Crippen molar-refractivity contribution in [1.29, 1.82) is 0 Å². The van der Waals surface area contributed by atoms with E-state index in [-0.39, 0.29) is 11.3 Å². The summed E-state index contributed by atoms with van der Waals surface area (Å²) in [7, 11) is 1.54. The smallest absolute Gasteiger partial charge is 0.301 e. The van der Waals surface area contributed by atoms with E-state index in [4.69, 9.17) is 9.47 Å². The molecule has 2 aromatic heterocycles. The maximum Gasteiger partial charge on any atom is 0.301 e. The van der Waals surface area contributed by atoms with Gasteiger partial charge in [0.25, 0.3) is 5.78 Å². The number of aromatic nitrogens is 2. The van der Waals surface area contributed by atoms with Crippen LogP contribution in [-0.4, -0.2) is 40.5 Å². The highest BCUT2D eigenvalue weighted by Crippen LogP contribution is 2.44. The fourth-order valence-electron chi connectivity index (χ4n) is 4.04. The van der Waals surface area contributed by atoms with Gasteiger partial charge in [0.05, 0.1) is 35.5 Å². The fourth-order valence-corrected chi connectivity index (χ4v) is 5.06. The van der Waals surface area contributed by atoms with Crippen molar-refractivity contribution in [3.63, 3.8) is 0 Å². The molecule has 1 aliphatic rings. The largest absolute Gasteiger partial charge is 0.507 e. The van der Waals surface area contributed by atoms with Crippen molar-refractivity contribution in [1.82, 2.24) is 9.97 Å². The minimum absolute atomic E-state index is 0.0255. The Morgan fingerprint density at radius 1 is 1.11 bits per heavy atom. The van der Waals surface area contributed by atoms with E-state index < -0.39 is 17.7 Å². The number of hydrogen-bond acceptors (Lipinski definition) is 8. The van der Waals surface area contributed by atoms with Gasteiger partial charge in [-0.05, 0) is 61.0 Å². The highest BCUT2D eigenvalue weighted by Gasteiger charge is 2.48. The number of hydrogen-bond donors (Lipinski definition) is 1. The molecule has 1 saturated heterocycles. The third-order valence-electron chi connectivity index (χ3n) is 5.67. The van der Waals surface area contributed by atoms with Crippen molar-refractivity contribution in [3.05, 3.63) is 83.7 Å². The summed E-state index contributed by atoms with van der Waals surface area (Å²) >= 11 is 1.27. The van der Waals surface area contributed by atoms with E-state index in [1.807, 2.05) is 25.1 Å². The zero-order chi connectivity index (χ0) is 24.5. The Morgan fingerprint density at radius 3 is 2.57 bits per heavy atom. The number of carbonyl (C=O) groups excluding carboxylic acids is 2. The second kappa shape index (κ2) is 9.19. The number of carbonyl (C=O) groups is 2. The van der Waals surface area contributed by atoms with Crippen LogP contribution in [0.4, 0.5) is 5.13 Å². The van der Waals surface area contributed by atoms with Crippen molar-refractivity contribution in [2.24, 2.45) is 0 Å². The summed E-state index contributed by atoms with van der Waals surface area (Å²) in [5.41, 5.74) is 1.62. The molecule has 9 heteroatoms. The zero-order valence-corrected chi connectivity index (χ0v) is 19.8. The normalized spacial score (nSPS) is 17.2. The number of rotatable bonds is 6. The predicted molar refractivity (Wildman–Crippen MR) is 133 cm³/mol. The zero-order valence-electron chi connectivity index (χ0n) is 19.0. The van der Waals surface area contributed by atoms with Gasteiger partial charge in [0.2, 0.25) is 0 Å². The molecule has 1 N–H and O–H groups in total. The molecule has 0 saturated carbocycles. The third-order valence-corrected chi connectivity index (χ3v) is 6.69. The third kappa shape index (κ3) is 4.00. The van der Waals surface area contributed by atoms with Crippen LogP contribution in [0.25, 0.3) is 16.0 Å². The van der Waals surface area contributed by atoms with Gasteiger partial charge in [0.1, 0.15) is 17.3 Å². The molecule has 1 fully saturated rings. The molecule has 0 bridgehead atoms. The average Bonchev–Trinajstić information content (AvgIpc) is 3.42. The van der Waals surface area contributed by atoms with Crippen LogP contribution in [0, 0.1) is 0 Å². The maximum atomic E-state index is 13.3. The number of anilines is 1. The van der Waals surface area contributed by atoms with Gasteiger partial charge in [-0.15, -0.1) is 0 Å². The summed E-state index contributed by atoms with van der Waals surface area (Å²) in [4.78, 5) is 36.7. The Kier molecular flexibility index (Phi) is 5.92. The number of benzene rings is 2. The van der Waals surface area contributed by atoms with Crippen molar-refractivity contribution >= 4 is 44.1 Å². The van der Waals surface area contributed by atoms with Gasteiger partial charge in [-0.2, -0.15) is 0 Å². The molecular weight excluding hydrogens is 466 g/mol. The lowest BCUT2D eigenvalue weighted by Gasteiger charge is -2.22. The Bertz CT molecular complexity index is 1450. The minimum atomic E-state index is -0.891. The summed E-state index contributed by atoms with van der Waals surface area (Å²) < 4.78 is 11.6. The molecule has 1 atom stereocenters. The van der Waals surface area contributed by atoms with Crippen LogP contribution in [0.5, 0.6) is 11.5 Å². The highest BCUT2D eigenvalue weighted by atomic mass is 32.1. The number of thiazole rings is 1. The molecule has 35 heavy (non-hydrogen) atoms. The number of Topliss-reactive ketones (excluding diaryl/α,β-unsaturated/α-hetero) is 1. The lowest BCUT2D eigenvalue weighted by atomic mass is 9.96. The second-order valence-corrected chi connectivity index (χ2v) is 8.75. The second-order valence-electron chi connectivity index (χ2n) is 7.74. The highest BCUT2D eigenvalue weighted by molar-refractivity contribution is 7.22. The number of aliphatic hydroxyl groups is 1. The Hall–Kier alpha value is -4.24. The van der Waals surface area contributed by atoms with Gasteiger partial charge in [0.15, 0.2) is 5.13 Å². The van der Waals surface area contributed by atoms with Crippen molar-refractivity contribution in [2.75, 3.05) is 18.6 Å². The molecule has 0 aliphatic carbocycles. The van der Waals surface area contributed by atoms with E-state index >= 15 is 0 Å². The number of methoxy groups -OCH3 is 1. The van der Waals surface area contributed by atoms with Crippen molar-refractivity contribution in [3.8, 4) is 11.5 Å². The SMILES string of the molecule is CCOc1ccc2nc(N3C(=O)C(=O)C(=C(O)c4ccc(OC)cc4)[C@H]3c3cccnc3)sc2c1. The van der Waals surface area contributed by atoms with Crippen molar-refractivity contribution in [2.45, 2.75) is 13.0 Å². The van der Waals surface area contributed by atoms with E-state index in [1.165, 1.54) is 23.3 Å². The van der Waals surface area contributed by atoms with E-state index in [0.717, 1.165) is 4.70 Å². The number of pyridine rings is 1. The van der Waals surface area contributed by atoms with Gasteiger partial charge >= 0.3 is 5.91 Å². The Labute approximate surface area is 205 Å². The number of ketones is 1. The molecular formula is C26H21N3O5S. The fraction of sp³-hybridized carbons (Fsp3) is 0.154. The molecule has 0 radical (unpaired) electrons. The van der Waals surface area contributed by atoms with Gasteiger partial charge in [0, 0.05) is 18.0 Å². The molecule has 176 valence electrons. The van der Waals surface area contributed by atoms with Gasteiger partial charge in [-0.1, -0.05) is 17.4 Å². The van der Waals surface area contributed by atoms with Gasteiger partial charge in [-0.25, -0.2) is 4.98 Å². The van der Waals surface area contributed by atoms with Crippen LogP contribution >= 0.6 is 11.3 Å². The maximum absolute atomic E-state index is 13.3. The number of amides is 1. The first-order valence-electron chi connectivity index (χ1n) is 10.9. The van der Waals surface area contributed by atoms with Crippen LogP contribution in [0.3, 0.4) is 0 Å². The first-order valence-corrected chi connectivity index (χ1v) is 11.7. The molecule has 0 spiro atoms. The summed E-state index contributed by atoms with van der Waals surface area (Å²) in [5.74, 6) is -0.534. The molecule has 0 unspecified atom stereocenters. The number of fused-ring (bicyclic) bond motifs is 1. The molecule has 4 aromatic rings. The molecule has 5 rings (SSSR count). The van der Waals surface area contributed by atoms with E-state index in [2.05, 4.69) is 9.97 Å². The lowest BCUT2D eigenvalue weighted by molar-refractivity contribution is -0.132. The first-order chi connectivity index (χ1) is 17.0. The minimum Gasteiger partial charge on any atom is -0.507 e. The topological polar surface area (TPSA) is 102 Å². The first kappa shape index (κ1) is 22.5. The number of nitrogens with zero attached hydrogens (tertiary/aromatic N) is 3. The summed E-state index contributed by atoms with van der Waals surface area (Å²) in [6.07, 6.45) is 3.18. The van der Waals surface area contributed by atoms with E-state index in [1.54, 1.807) is 48.8 Å². The average molecular weight is 488 g/mol.